The summed E-state index contributed by atoms with van der Waals surface area (Å²) >= 11 is 0. The average molecular weight is 406 g/mol. The fourth-order valence-electron chi connectivity index (χ4n) is 2.30. The Balaban J connectivity index is 1.86. The molecule has 2 amide bonds. The molecule has 0 heterocycles. The summed E-state index contributed by atoms with van der Waals surface area (Å²) in [5, 5.41) is 5.25. The predicted octanol–water partition coefficient (Wildman–Crippen LogP) is 2.04. The summed E-state index contributed by atoms with van der Waals surface area (Å²) in [6, 6.07) is 11.6. The van der Waals surface area contributed by atoms with Gasteiger partial charge in [-0.05, 0) is 36.4 Å². The zero-order chi connectivity index (χ0) is 20.5. The first-order valence-corrected chi connectivity index (χ1v) is 9.74. The van der Waals surface area contributed by atoms with Crippen molar-refractivity contribution in [1.29, 1.82) is 0 Å². The number of anilines is 2. The molecule has 2 aromatic carbocycles. The summed E-state index contributed by atoms with van der Waals surface area (Å²) in [5.41, 5.74) is 0.975. The van der Waals surface area contributed by atoms with Crippen LogP contribution in [0, 0.1) is 0 Å². The third-order valence-electron chi connectivity index (χ3n) is 3.64. The highest BCUT2D eigenvalue weighted by atomic mass is 32.2. The minimum Gasteiger partial charge on any atom is -0.497 e. The molecule has 9 heteroatoms. The van der Waals surface area contributed by atoms with Crippen LogP contribution in [0.1, 0.15) is 0 Å². The molecule has 0 aliphatic heterocycles. The molecule has 0 spiro atoms. The number of carbonyl (C=O) groups is 2. The van der Waals surface area contributed by atoms with E-state index in [9.17, 15) is 13.8 Å². The summed E-state index contributed by atoms with van der Waals surface area (Å²) in [6.07, 6.45) is 0. The van der Waals surface area contributed by atoms with Crippen molar-refractivity contribution in [3.63, 3.8) is 0 Å². The Hall–Kier alpha value is -3.07. The lowest BCUT2D eigenvalue weighted by Crippen LogP contribution is -2.26. The normalized spacial score (nSPS) is 11.2. The van der Waals surface area contributed by atoms with Crippen molar-refractivity contribution >= 4 is 34.0 Å². The summed E-state index contributed by atoms with van der Waals surface area (Å²) in [5.74, 6) is 0.110. The summed E-state index contributed by atoms with van der Waals surface area (Å²) in [7, 11) is 2.87. The number of rotatable bonds is 9. The number of hydrogen-bond donors (Lipinski definition) is 2. The quantitative estimate of drug-likeness (QED) is 0.661. The van der Waals surface area contributed by atoms with Gasteiger partial charge >= 0.3 is 0 Å². The lowest BCUT2D eigenvalue weighted by molar-refractivity contribution is -0.114. The monoisotopic (exact) mass is 406 g/mol. The average Bonchev–Trinajstić information content (AvgIpc) is 2.68. The molecule has 0 saturated heterocycles. The van der Waals surface area contributed by atoms with Crippen LogP contribution in [-0.2, 0) is 20.4 Å². The van der Waals surface area contributed by atoms with Gasteiger partial charge in [0.1, 0.15) is 28.8 Å². The van der Waals surface area contributed by atoms with Gasteiger partial charge in [-0.3, -0.25) is 13.8 Å². The number of benzene rings is 2. The molecular formula is C19H22N2O6S. The molecule has 2 rings (SSSR count). The van der Waals surface area contributed by atoms with Crippen molar-refractivity contribution in [2.45, 2.75) is 0 Å². The Morgan fingerprint density at radius 2 is 1.39 bits per heavy atom. The molecule has 0 fully saturated rings. The first-order valence-electron chi connectivity index (χ1n) is 8.26. The molecule has 2 N–H and O–H groups in total. The Kier molecular flexibility index (Phi) is 7.82. The van der Waals surface area contributed by atoms with E-state index in [4.69, 9.17) is 14.2 Å². The number of nitrogens with one attached hydrogen (secondary N) is 2. The van der Waals surface area contributed by atoms with E-state index >= 15 is 0 Å². The largest absolute Gasteiger partial charge is 0.497 e. The molecular weight excluding hydrogens is 384 g/mol. The topological polar surface area (TPSA) is 103 Å². The third-order valence-corrected chi connectivity index (χ3v) is 4.81. The van der Waals surface area contributed by atoms with Crippen LogP contribution in [0.4, 0.5) is 11.4 Å². The highest BCUT2D eigenvalue weighted by Crippen LogP contribution is 2.28. The smallest absolute Gasteiger partial charge is 0.237 e. The molecule has 1 unspecified atom stereocenters. The molecule has 150 valence electrons. The van der Waals surface area contributed by atoms with Crippen LogP contribution in [0.15, 0.2) is 42.5 Å². The molecule has 28 heavy (non-hydrogen) atoms. The van der Waals surface area contributed by atoms with Gasteiger partial charge in [-0.1, -0.05) is 0 Å². The number of amides is 2. The molecule has 0 aromatic heterocycles. The minimum absolute atomic E-state index is 0.292. The predicted molar refractivity (Wildman–Crippen MR) is 108 cm³/mol. The number of methoxy groups -OCH3 is 3. The van der Waals surface area contributed by atoms with Gasteiger partial charge in [0.05, 0.1) is 27.0 Å². The van der Waals surface area contributed by atoms with Gasteiger partial charge in [-0.15, -0.1) is 0 Å². The Labute approximate surface area is 165 Å². The van der Waals surface area contributed by atoms with Crippen LogP contribution in [-0.4, -0.2) is 48.9 Å². The lowest BCUT2D eigenvalue weighted by Gasteiger charge is -2.11. The second kappa shape index (κ2) is 10.3. The Morgan fingerprint density at radius 3 is 1.96 bits per heavy atom. The molecule has 0 saturated carbocycles. The van der Waals surface area contributed by atoms with Crippen molar-refractivity contribution in [3.05, 3.63) is 42.5 Å². The molecule has 0 aliphatic carbocycles. The van der Waals surface area contributed by atoms with Crippen LogP contribution in [0.25, 0.3) is 0 Å². The van der Waals surface area contributed by atoms with E-state index in [1.807, 2.05) is 0 Å². The number of hydrogen-bond acceptors (Lipinski definition) is 6. The second-order valence-corrected chi connectivity index (χ2v) is 7.08. The van der Waals surface area contributed by atoms with Gasteiger partial charge in [0.25, 0.3) is 0 Å². The zero-order valence-corrected chi connectivity index (χ0v) is 16.6. The van der Waals surface area contributed by atoms with E-state index in [2.05, 4.69) is 10.6 Å². The molecule has 0 aliphatic rings. The SMILES string of the molecule is COc1ccc(NC(=O)CS(=O)CC(=O)Nc2ccc(OC)cc2OC)cc1. The number of ether oxygens (including phenoxy) is 3. The van der Waals surface area contributed by atoms with Gasteiger partial charge in [-0.2, -0.15) is 0 Å². The van der Waals surface area contributed by atoms with E-state index < -0.39 is 22.6 Å². The summed E-state index contributed by atoms with van der Waals surface area (Å²) < 4.78 is 27.4. The summed E-state index contributed by atoms with van der Waals surface area (Å²) in [4.78, 5) is 24.1. The van der Waals surface area contributed by atoms with E-state index in [1.165, 1.54) is 14.2 Å². The van der Waals surface area contributed by atoms with Crippen molar-refractivity contribution < 1.29 is 28.0 Å². The van der Waals surface area contributed by atoms with Gasteiger partial charge in [0, 0.05) is 22.6 Å². The van der Waals surface area contributed by atoms with Crippen molar-refractivity contribution in [1.82, 2.24) is 0 Å². The standard InChI is InChI=1S/C19H22N2O6S/c1-25-14-6-4-13(5-7-14)20-18(22)11-28(24)12-19(23)21-16-9-8-15(26-2)10-17(16)27-3/h4-10H,11-12H2,1-3H3,(H,20,22)(H,21,23). The highest BCUT2D eigenvalue weighted by Gasteiger charge is 2.15. The van der Waals surface area contributed by atoms with Gasteiger partial charge in [-0.25, -0.2) is 0 Å². The van der Waals surface area contributed by atoms with E-state index in [-0.39, 0.29) is 11.5 Å². The van der Waals surface area contributed by atoms with E-state index in [0.717, 1.165) is 0 Å². The van der Waals surface area contributed by atoms with Crippen LogP contribution in [0.2, 0.25) is 0 Å². The van der Waals surface area contributed by atoms with Crippen molar-refractivity contribution in [2.24, 2.45) is 0 Å². The maximum atomic E-state index is 12.1. The van der Waals surface area contributed by atoms with Crippen LogP contribution in [0.5, 0.6) is 17.2 Å². The highest BCUT2D eigenvalue weighted by molar-refractivity contribution is 7.86. The maximum Gasteiger partial charge on any atom is 0.237 e. The van der Waals surface area contributed by atoms with Crippen molar-refractivity contribution in [3.8, 4) is 17.2 Å². The Bertz CT molecular complexity index is 854. The van der Waals surface area contributed by atoms with Crippen molar-refractivity contribution in [2.75, 3.05) is 43.5 Å². The van der Waals surface area contributed by atoms with Gasteiger partial charge < -0.3 is 24.8 Å². The molecule has 8 nitrogen and oxygen atoms in total. The minimum atomic E-state index is -1.66. The second-order valence-electron chi connectivity index (χ2n) is 5.62. The third kappa shape index (κ3) is 6.27. The molecule has 0 bridgehead atoms. The maximum absolute atomic E-state index is 12.1. The van der Waals surface area contributed by atoms with Crippen LogP contribution in [0.3, 0.4) is 0 Å². The summed E-state index contributed by atoms with van der Waals surface area (Å²) in [6.45, 7) is 0. The van der Waals surface area contributed by atoms with Crippen LogP contribution >= 0.6 is 0 Å². The number of carbonyl (C=O) groups excluding carboxylic acids is 2. The van der Waals surface area contributed by atoms with Crippen LogP contribution < -0.4 is 24.8 Å². The van der Waals surface area contributed by atoms with E-state index in [1.54, 1.807) is 49.6 Å². The fraction of sp³-hybridized carbons (Fsp3) is 0.263. The first kappa shape index (κ1) is 21.2. The Morgan fingerprint density at radius 1 is 0.821 bits per heavy atom. The molecule has 1 atom stereocenters. The molecule has 0 radical (unpaired) electrons. The zero-order valence-electron chi connectivity index (χ0n) is 15.8. The van der Waals surface area contributed by atoms with Gasteiger partial charge in [0.15, 0.2) is 0 Å². The molecule has 2 aromatic rings. The fourth-order valence-corrected chi connectivity index (χ4v) is 3.13. The lowest BCUT2D eigenvalue weighted by atomic mass is 10.2. The first-order chi connectivity index (χ1) is 13.4. The van der Waals surface area contributed by atoms with Gasteiger partial charge in [0.2, 0.25) is 11.8 Å². The van der Waals surface area contributed by atoms with E-state index in [0.29, 0.717) is 28.6 Å².